The fourth-order valence-corrected chi connectivity index (χ4v) is 0.636. The molecule has 1 aromatic rings. The van der Waals surface area contributed by atoms with Crippen molar-refractivity contribution in [2.45, 2.75) is 6.92 Å². The summed E-state index contributed by atoms with van der Waals surface area (Å²) in [5.74, 6) is -2.82. The summed E-state index contributed by atoms with van der Waals surface area (Å²) >= 11 is 0. The summed E-state index contributed by atoms with van der Waals surface area (Å²) in [5.41, 5.74) is 0.190. The van der Waals surface area contributed by atoms with Gasteiger partial charge in [-0.25, -0.2) is 4.39 Å². The molecule has 54 valence electrons. The number of halogens is 2. The Labute approximate surface area is 56.9 Å². The third-order valence-electron chi connectivity index (χ3n) is 1.26. The van der Waals surface area contributed by atoms with Crippen molar-refractivity contribution in [3.63, 3.8) is 0 Å². The van der Waals surface area contributed by atoms with Crippen molar-refractivity contribution in [3.8, 4) is 5.75 Å². The van der Waals surface area contributed by atoms with Crippen molar-refractivity contribution < 1.29 is 13.9 Å². The Kier molecular flexibility index (Phi) is 1.57. The molecule has 0 unspecified atom stereocenters. The first kappa shape index (κ1) is 6.99. The molecular weight excluding hydrogens is 138 g/mol. The van der Waals surface area contributed by atoms with E-state index < -0.39 is 17.4 Å². The van der Waals surface area contributed by atoms with E-state index in [0.717, 1.165) is 6.07 Å². The van der Waals surface area contributed by atoms with Crippen LogP contribution in [-0.4, -0.2) is 5.11 Å². The molecule has 0 aliphatic rings. The lowest BCUT2D eigenvalue weighted by atomic mass is 10.2. The van der Waals surface area contributed by atoms with Gasteiger partial charge in [0.1, 0.15) is 0 Å². The van der Waals surface area contributed by atoms with Crippen LogP contribution in [0.5, 0.6) is 5.75 Å². The molecule has 0 aliphatic carbocycles. The van der Waals surface area contributed by atoms with Gasteiger partial charge in [0.05, 0.1) is 0 Å². The molecule has 0 radical (unpaired) electrons. The number of aromatic hydroxyl groups is 1. The highest BCUT2D eigenvalue weighted by Gasteiger charge is 2.08. The van der Waals surface area contributed by atoms with Gasteiger partial charge in [-0.1, -0.05) is 6.07 Å². The summed E-state index contributed by atoms with van der Waals surface area (Å²) < 4.78 is 24.8. The van der Waals surface area contributed by atoms with Gasteiger partial charge >= 0.3 is 0 Å². The normalized spacial score (nSPS) is 9.90. The highest BCUT2D eigenvalue weighted by Crippen LogP contribution is 2.19. The molecule has 0 amide bonds. The average Bonchev–Trinajstić information content (AvgIpc) is 1.93. The number of aryl methyl sites for hydroxylation is 1. The van der Waals surface area contributed by atoms with Crippen LogP contribution in [0.25, 0.3) is 0 Å². The highest BCUT2D eigenvalue weighted by atomic mass is 19.2. The molecule has 0 aromatic heterocycles. The predicted octanol–water partition coefficient (Wildman–Crippen LogP) is 1.98. The summed E-state index contributed by atoms with van der Waals surface area (Å²) in [4.78, 5) is 0. The first-order valence-electron chi connectivity index (χ1n) is 2.76. The molecule has 0 atom stereocenters. The molecule has 10 heavy (non-hydrogen) atoms. The molecule has 0 saturated carbocycles. The monoisotopic (exact) mass is 144 g/mol. The minimum atomic E-state index is -1.18. The average molecular weight is 144 g/mol. The van der Waals surface area contributed by atoms with Gasteiger partial charge in [0.2, 0.25) is 5.82 Å². The van der Waals surface area contributed by atoms with Crippen LogP contribution < -0.4 is 0 Å². The minimum absolute atomic E-state index is 0.190. The van der Waals surface area contributed by atoms with Crippen LogP contribution in [0.2, 0.25) is 0 Å². The quantitative estimate of drug-likeness (QED) is 0.590. The second-order valence-corrected chi connectivity index (χ2v) is 2.03. The van der Waals surface area contributed by atoms with Crippen molar-refractivity contribution in [1.29, 1.82) is 0 Å². The Balaban J connectivity index is 3.34. The number of rotatable bonds is 0. The van der Waals surface area contributed by atoms with E-state index in [1.807, 2.05) is 0 Å². The maximum Gasteiger partial charge on any atom is 0.200 e. The van der Waals surface area contributed by atoms with Crippen LogP contribution in [0.4, 0.5) is 8.78 Å². The molecule has 1 rings (SSSR count). The molecule has 0 spiro atoms. The van der Waals surface area contributed by atoms with E-state index in [-0.39, 0.29) is 5.56 Å². The van der Waals surface area contributed by atoms with Gasteiger partial charge in [-0.05, 0) is 18.6 Å². The van der Waals surface area contributed by atoms with E-state index in [4.69, 9.17) is 5.11 Å². The second kappa shape index (κ2) is 2.25. The van der Waals surface area contributed by atoms with Crippen LogP contribution in [0.1, 0.15) is 5.56 Å². The van der Waals surface area contributed by atoms with E-state index in [2.05, 4.69) is 0 Å². The molecule has 1 nitrogen and oxygen atoms in total. The van der Waals surface area contributed by atoms with E-state index in [0.29, 0.717) is 0 Å². The zero-order valence-corrected chi connectivity index (χ0v) is 5.36. The first-order chi connectivity index (χ1) is 4.63. The molecule has 0 fully saturated rings. The fraction of sp³-hybridized carbons (Fsp3) is 0.143. The van der Waals surface area contributed by atoms with Gasteiger partial charge in [-0.3, -0.25) is 0 Å². The van der Waals surface area contributed by atoms with E-state index in [9.17, 15) is 8.78 Å². The Hall–Kier alpha value is -1.12. The molecule has 0 saturated heterocycles. The van der Waals surface area contributed by atoms with Gasteiger partial charge in [0.25, 0.3) is 0 Å². The molecule has 0 heterocycles. The zero-order valence-electron chi connectivity index (χ0n) is 5.36. The summed E-state index contributed by atoms with van der Waals surface area (Å²) in [6.07, 6.45) is 0. The lowest BCUT2D eigenvalue weighted by Crippen LogP contribution is -1.87. The van der Waals surface area contributed by atoms with Crippen LogP contribution >= 0.6 is 0 Å². The molecule has 0 aliphatic heterocycles. The maximum absolute atomic E-state index is 12.5. The second-order valence-electron chi connectivity index (χ2n) is 2.03. The van der Waals surface area contributed by atoms with Gasteiger partial charge in [0.15, 0.2) is 11.6 Å². The van der Waals surface area contributed by atoms with E-state index in [1.165, 1.54) is 13.0 Å². The van der Waals surface area contributed by atoms with E-state index in [1.54, 1.807) is 0 Å². The minimum Gasteiger partial charge on any atom is -0.505 e. The van der Waals surface area contributed by atoms with Crippen molar-refractivity contribution >= 4 is 0 Å². The number of phenolic OH excluding ortho intramolecular Hbond substituents is 1. The number of phenols is 1. The maximum atomic E-state index is 12.5. The van der Waals surface area contributed by atoms with Crippen LogP contribution in [0.15, 0.2) is 12.1 Å². The smallest absolute Gasteiger partial charge is 0.200 e. The Morgan fingerprint density at radius 2 is 1.80 bits per heavy atom. The number of benzene rings is 1. The standard InChI is InChI=1S/C7H6F2O/c1-4-2-3-5(10)7(9)6(4)8/h2-3,10H,1H3. The third kappa shape index (κ3) is 0.943. The van der Waals surface area contributed by atoms with Crippen LogP contribution in [-0.2, 0) is 0 Å². The Morgan fingerprint density at radius 1 is 1.20 bits per heavy atom. The number of hydrogen-bond acceptors (Lipinski definition) is 1. The predicted molar refractivity (Wildman–Crippen MR) is 32.8 cm³/mol. The third-order valence-corrected chi connectivity index (χ3v) is 1.26. The van der Waals surface area contributed by atoms with Crippen molar-refractivity contribution in [1.82, 2.24) is 0 Å². The summed E-state index contributed by atoms with van der Waals surface area (Å²) in [6.45, 7) is 1.43. The first-order valence-corrected chi connectivity index (χ1v) is 2.76. The summed E-state index contributed by atoms with van der Waals surface area (Å²) in [6, 6.07) is 2.43. The van der Waals surface area contributed by atoms with Gasteiger partial charge in [0, 0.05) is 0 Å². The molecule has 1 N–H and O–H groups in total. The fourth-order valence-electron chi connectivity index (χ4n) is 0.636. The topological polar surface area (TPSA) is 20.2 Å². The van der Waals surface area contributed by atoms with Gasteiger partial charge in [-0.15, -0.1) is 0 Å². The van der Waals surface area contributed by atoms with E-state index >= 15 is 0 Å². The van der Waals surface area contributed by atoms with Crippen LogP contribution in [0, 0.1) is 18.6 Å². The lowest BCUT2D eigenvalue weighted by Gasteiger charge is -1.97. The molecule has 3 heteroatoms. The lowest BCUT2D eigenvalue weighted by molar-refractivity contribution is 0.405. The largest absolute Gasteiger partial charge is 0.505 e. The zero-order chi connectivity index (χ0) is 7.72. The highest BCUT2D eigenvalue weighted by molar-refractivity contribution is 5.28. The van der Waals surface area contributed by atoms with Gasteiger partial charge in [-0.2, -0.15) is 4.39 Å². The van der Waals surface area contributed by atoms with Crippen LogP contribution in [0.3, 0.4) is 0 Å². The molecule has 0 bridgehead atoms. The SMILES string of the molecule is Cc1ccc(O)c(F)c1F. The molecular formula is C7H6F2O. The van der Waals surface area contributed by atoms with Crippen molar-refractivity contribution in [2.24, 2.45) is 0 Å². The van der Waals surface area contributed by atoms with Gasteiger partial charge < -0.3 is 5.11 Å². The summed E-state index contributed by atoms with van der Waals surface area (Å²) in [5, 5.41) is 8.61. The van der Waals surface area contributed by atoms with Crippen molar-refractivity contribution in [2.75, 3.05) is 0 Å². The Bertz CT molecular complexity index is 231. The Morgan fingerprint density at radius 3 is 2.30 bits per heavy atom. The van der Waals surface area contributed by atoms with Crippen molar-refractivity contribution in [3.05, 3.63) is 29.3 Å². The number of hydrogen-bond donors (Lipinski definition) is 1. The molecule has 1 aromatic carbocycles. The summed E-state index contributed by atoms with van der Waals surface area (Å²) in [7, 11) is 0.